The Balaban J connectivity index is 0.00000450. The van der Waals surface area contributed by atoms with Crippen molar-refractivity contribution in [2.24, 2.45) is 4.99 Å². The van der Waals surface area contributed by atoms with Crippen LogP contribution >= 0.6 is 24.0 Å². The Morgan fingerprint density at radius 3 is 1.90 bits per heavy atom. The number of rotatable bonds is 10. The van der Waals surface area contributed by atoms with Gasteiger partial charge in [0.25, 0.3) is 0 Å². The summed E-state index contributed by atoms with van der Waals surface area (Å²) >= 11 is 0. The average molecular weight is 529 g/mol. The van der Waals surface area contributed by atoms with Gasteiger partial charge in [-0.2, -0.15) is 0 Å². The molecule has 2 rings (SSSR count). The summed E-state index contributed by atoms with van der Waals surface area (Å²) in [6, 6.07) is 11.7. The molecule has 2 aromatic rings. The highest BCUT2D eigenvalue weighted by Crippen LogP contribution is 2.34. The smallest absolute Gasteiger partial charge is 0.190 e. The van der Waals surface area contributed by atoms with Crippen molar-refractivity contribution >= 4 is 29.9 Å². The summed E-state index contributed by atoms with van der Waals surface area (Å²) in [6.07, 6.45) is 1.55. The lowest BCUT2D eigenvalue weighted by Crippen LogP contribution is -2.39. The van der Waals surface area contributed by atoms with E-state index < -0.39 is 0 Å². The second-order valence-corrected chi connectivity index (χ2v) is 6.25. The quantitative estimate of drug-likeness (QED) is 0.280. The highest BCUT2D eigenvalue weighted by molar-refractivity contribution is 14.0. The minimum absolute atomic E-state index is 0. The Morgan fingerprint density at radius 2 is 1.37 bits per heavy atom. The zero-order chi connectivity index (χ0) is 21.1. The maximum Gasteiger partial charge on any atom is 0.190 e. The first-order valence-electron chi connectivity index (χ1n) is 9.52. The van der Waals surface area contributed by atoms with E-state index in [9.17, 15) is 0 Å². The average Bonchev–Trinajstić information content (AvgIpc) is 2.77. The molecule has 0 saturated carbocycles. The summed E-state index contributed by atoms with van der Waals surface area (Å²) in [7, 11) is 8.35. The number of methoxy groups -OCH3 is 4. The number of hydrogen-bond donors (Lipinski definition) is 2. The van der Waals surface area contributed by atoms with Crippen molar-refractivity contribution in [1.82, 2.24) is 10.6 Å². The first kappa shape index (κ1) is 25.7. The van der Waals surface area contributed by atoms with Gasteiger partial charge in [0.2, 0.25) is 0 Å². The van der Waals surface area contributed by atoms with Crippen molar-refractivity contribution in [3.8, 4) is 23.0 Å². The topological polar surface area (TPSA) is 73.3 Å². The fraction of sp³-hybridized carbons (Fsp3) is 0.409. The van der Waals surface area contributed by atoms with E-state index >= 15 is 0 Å². The molecule has 0 unspecified atom stereocenters. The van der Waals surface area contributed by atoms with Gasteiger partial charge in [-0.3, -0.25) is 4.99 Å². The Labute approximate surface area is 196 Å². The van der Waals surface area contributed by atoms with Crippen LogP contribution in [0.1, 0.15) is 11.1 Å². The maximum absolute atomic E-state index is 5.50. The van der Waals surface area contributed by atoms with Crippen molar-refractivity contribution in [3.63, 3.8) is 0 Å². The summed E-state index contributed by atoms with van der Waals surface area (Å²) in [5, 5.41) is 6.66. The van der Waals surface area contributed by atoms with Crippen LogP contribution in [0.2, 0.25) is 0 Å². The van der Waals surface area contributed by atoms with Crippen LogP contribution in [0.25, 0.3) is 0 Å². The van der Waals surface area contributed by atoms with Crippen LogP contribution in [0.5, 0.6) is 23.0 Å². The van der Waals surface area contributed by atoms with Crippen molar-refractivity contribution in [2.45, 2.75) is 12.8 Å². The lowest BCUT2D eigenvalue weighted by Gasteiger charge is -2.16. The molecule has 0 saturated heterocycles. The summed E-state index contributed by atoms with van der Waals surface area (Å²) in [6.45, 7) is 1.42. The van der Waals surface area contributed by atoms with Crippen LogP contribution in [0.15, 0.2) is 41.4 Å². The number of nitrogens with zero attached hydrogens (tertiary/aromatic N) is 1. The zero-order valence-electron chi connectivity index (χ0n) is 18.3. The first-order valence-corrected chi connectivity index (χ1v) is 9.52. The van der Waals surface area contributed by atoms with E-state index in [1.54, 1.807) is 35.5 Å². The van der Waals surface area contributed by atoms with Crippen LogP contribution in [0.3, 0.4) is 0 Å². The van der Waals surface area contributed by atoms with Crippen molar-refractivity contribution in [1.29, 1.82) is 0 Å². The summed E-state index contributed by atoms with van der Waals surface area (Å²) < 4.78 is 21.7. The standard InChI is InChI=1S/C22H31N3O4.HI/c1-23-22(24-12-10-16-8-6-7-9-19(16)27-3)25-13-11-18-20(28-4)14-17(26-2)15-21(18)29-5;/h6-9,14-15H,10-13H2,1-5H3,(H2,23,24,25);1H. The Kier molecular flexibility index (Phi) is 11.8. The number of para-hydroxylation sites is 1. The van der Waals surface area contributed by atoms with Gasteiger partial charge in [-0.05, 0) is 24.5 Å². The number of hydrogen-bond acceptors (Lipinski definition) is 5. The molecule has 8 heteroatoms. The molecule has 0 spiro atoms. The molecule has 30 heavy (non-hydrogen) atoms. The molecule has 0 fully saturated rings. The van der Waals surface area contributed by atoms with Gasteiger partial charge in [0, 0.05) is 37.8 Å². The number of nitrogens with one attached hydrogen (secondary N) is 2. The summed E-state index contributed by atoms with van der Waals surface area (Å²) in [5.74, 6) is 3.82. The maximum atomic E-state index is 5.50. The summed E-state index contributed by atoms with van der Waals surface area (Å²) in [5.41, 5.74) is 2.14. The fourth-order valence-corrected chi connectivity index (χ4v) is 3.08. The number of guanidine groups is 1. The molecule has 0 heterocycles. The largest absolute Gasteiger partial charge is 0.496 e. The Bertz CT molecular complexity index is 790. The zero-order valence-corrected chi connectivity index (χ0v) is 20.6. The van der Waals surface area contributed by atoms with Gasteiger partial charge < -0.3 is 29.6 Å². The van der Waals surface area contributed by atoms with Crippen LogP contribution < -0.4 is 29.6 Å². The molecular formula is C22H32IN3O4. The molecule has 0 aliphatic rings. The van der Waals surface area contributed by atoms with Gasteiger partial charge in [0.15, 0.2) is 5.96 Å². The Hall–Kier alpha value is -2.36. The molecule has 0 aliphatic heterocycles. The van der Waals surface area contributed by atoms with E-state index in [0.717, 1.165) is 47.3 Å². The van der Waals surface area contributed by atoms with E-state index in [-0.39, 0.29) is 24.0 Å². The molecule has 166 valence electrons. The van der Waals surface area contributed by atoms with E-state index in [0.29, 0.717) is 18.7 Å². The molecule has 0 radical (unpaired) electrons. The molecule has 0 atom stereocenters. The monoisotopic (exact) mass is 529 g/mol. The van der Waals surface area contributed by atoms with Crippen LogP contribution in [0.4, 0.5) is 0 Å². The second kappa shape index (κ2) is 13.8. The molecule has 0 aliphatic carbocycles. The van der Waals surface area contributed by atoms with Gasteiger partial charge in [-0.1, -0.05) is 18.2 Å². The third-order valence-corrected chi connectivity index (χ3v) is 4.59. The third-order valence-electron chi connectivity index (χ3n) is 4.59. The molecule has 0 aromatic heterocycles. The van der Waals surface area contributed by atoms with Crippen molar-refractivity contribution < 1.29 is 18.9 Å². The molecular weight excluding hydrogens is 497 g/mol. The fourth-order valence-electron chi connectivity index (χ4n) is 3.08. The predicted molar refractivity (Wildman–Crippen MR) is 131 cm³/mol. The number of benzene rings is 2. The molecule has 0 amide bonds. The van der Waals surface area contributed by atoms with Crippen molar-refractivity contribution in [3.05, 3.63) is 47.5 Å². The Morgan fingerprint density at radius 1 is 0.800 bits per heavy atom. The predicted octanol–water partition coefficient (Wildman–Crippen LogP) is 3.29. The second-order valence-electron chi connectivity index (χ2n) is 6.25. The molecule has 7 nitrogen and oxygen atoms in total. The number of aliphatic imine (C=N–C) groups is 1. The third kappa shape index (κ3) is 7.16. The van der Waals surface area contributed by atoms with E-state index in [2.05, 4.69) is 21.7 Å². The van der Waals surface area contributed by atoms with Gasteiger partial charge in [-0.25, -0.2) is 0 Å². The highest BCUT2D eigenvalue weighted by Gasteiger charge is 2.13. The molecule has 2 N–H and O–H groups in total. The van der Waals surface area contributed by atoms with E-state index in [1.807, 2.05) is 30.3 Å². The van der Waals surface area contributed by atoms with Crippen LogP contribution in [-0.2, 0) is 12.8 Å². The molecule has 0 bridgehead atoms. The summed E-state index contributed by atoms with van der Waals surface area (Å²) in [4.78, 5) is 4.29. The SMILES string of the molecule is CN=C(NCCc1ccccc1OC)NCCc1c(OC)cc(OC)cc1OC.I. The van der Waals surface area contributed by atoms with Gasteiger partial charge in [0.1, 0.15) is 23.0 Å². The normalized spacial score (nSPS) is 10.6. The van der Waals surface area contributed by atoms with E-state index in [4.69, 9.17) is 18.9 Å². The van der Waals surface area contributed by atoms with E-state index in [1.165, 1.54) is 0 Å². The first-order chi connectivity index (χ1) is 14.2. The van der Waals surface area contributed by atoms with Crippen molar-refractivity contribution in [2.75, 3.05) is 48.6 Å². The lowest BCUT2D eigenvalue weighted by molar-refractivity contribution is 0.368. The highest BCUT2D eigenvalue weighted by atomic mass is 127. The molecule has 2 aromatic carbocycles. The lowest BCUT2D eigenvalue weighted by atomic mass is 10.1. The van der Waals surface area contributed by atoms with Gasteiger partial charge in [-0.15, -0.1) is 24.0 Å². The van der Waals surface area contributed by atoms with Crippen LogP contribution in [0, 0.1) is 0 Å². The minimum atomic E-state index is 0. The minimum Gasteiger partial charge on any atom is -0.496 e. The number of halogens is 1. The number of ether oxygens (including phenoxy) is 4. The van der Waals surface area contributed by atoms with Gasteiger partial charge >= 0.3 is 0 Å². The van der Waals surface area contributed by atoms with Crippen LogP contribution in [-0.4, -0.2) is 54.5 Å². The van der Waals surface area contributed by atoms with Gasteiger partial charge in [0.05, 0.1) is 28.4 Å².